The van der Waals surface area contributed by atoms with Crippen molar-refractivity contribution in [2.45, 2.75) is 20.3 Å². The lowest BCUT2D eigenvalue weighted by Gasteiger charge is -2.04. The molecule has 0 saturated heterocycles. The third-order valence-corrected chi connectivity index (χ3v) is 3.16. The fraction of sp³-hybridized carbons (Fsp3) is 0.286. The molecule has 0 bridgehead atoms. The Hall–Kier alpha value is -1.75. The van der Waals surface area contributed by atoms with Crippen molar-refractivity contribution in [3.8, 4) is 5.69 Å². The fourth-order valence-corrected chi connectivity index (χ4v) is 2.20. The SMILES string of the molecule is CC(C)Cc1nn(-c2ccc(F)cc2F)c(Cl)c1C=O. The van der Waals surface area contributed by atoms with E-state index in [4.69, 9.17) is 11.6 Å². The number of benzene rings is 1. The van der Waals surface area contributed by atoms with Crippen LogP contribution >= 0.6 is 11.6 Å². The van der Waals surface area contributed by atoms with E-state index in [1.54, 1.807) is 0 Å². The molecule has 1 aromatic carbocycles. The number of rotatable bonds is 4. The minimum Gasteiger partial charge on any atom is -0.298 e. The first-order chi connectivity index (χ1) is 9.43. The Labute approximate surface area is 120 Å². The normalized spacial score (nSPS) is 11.1. The molecule has 1 heterocycles. The Kier molecular flexibility index (Phi) is 4.18. The molecule has 6 heteroatoms. The van der Waals surface area contributed by atoms with Gasteiger partial charge in [0, 0.05) is 6.07 Å². The van der Waals surface area contributed by atoms with Crippen molar-refractivity contribution < 1.29 is 13.6 Å². The first kappa shape index (κ1) is 14.7. The van der Waals surface area contributed by atoms with Gasteiger partial charge in [-0.3, -0.25) is 4.79 Å². The van der Waals surface area contributed by atoms with Crippen molar-refractivity contribution in [2.24, 2.45) is 5.92 Å². The second kappa shape index (κ2) is 5.71. The van der Waals surface area contributed by atoms with Crippen molar-refractivity contribution in [3.63, 3.8) is 0 Å². The van der Waals surface area contributed by atoms with Gasteiger partial charge in [0.15, 0.2) is 12.1 Å². The Morgan fingerprint density at radius 1 is 1.40 bits per heavy atom. The molecule has 106 valence electrons. The monoisotopic (exact) mass is 298 g/mol. The van der Waals surface area contributed by atoms with E-state index in [2.05, 4.69) is 5.10 Å². The van der Waals surface area contributed by atoms with Gasteiger partial charge in [-0.15, -0.1) is 0 Å². The minimum absolute atomic E-state index is 0.00880. The van der Waals surface area contributed by atoms with Crippen LogP contribution in [-0.4, -0.2) is 16.1 Å². The third kappa shape index (κ3) is 2.72. The van der Waals surface area contributed by atoms with Crippen molar-refractivity contribution in [1.29, 1.82) is 0 Å². The number of halogens is 3. The lowest BCUT2D eigenvalue weighted by molar-refractivity contribution is 0.112. The molecule has 0 N–H and O–H groups in total. The maximum absolute atomic E-state index is 13.8. The molecule has 0 unspecified atom stereocenters. The van der Waals surface area contributed by atoms with E-state index in [0.29, 0.717) is 18.4 Å². The van der Waals surface area contributed by atoms with Crippen LogP contribution in [0.3, 0.4) is 0 Å². The zero-order chi connectivity index (χ0) is 14.9. The van der Waals surface area contributed by atoms with Gasteiger partial charge in [-0.1, -0.05) is 25.4 Å². The van der Waals surface area contributed by atoms with Gasteiger partial charge < -0.3 is 0 Å². The molecule has 0 amide bonds. The van der Waals surface area contributed by atoms with Crippen LogP contribution in [0.1, 0.15) is 29.9 Å². The van der Waals surface area contributed by atoms with E-state index < -0.39 is 11.6 Å². The summed E-state index contributed by atoms with van der Waals surface area (Å²) in [5.41, 5.74) is 0.752. The van der Waals surface area contributed by atoms with Crippen LogP contribution in [0.4, 0.5) is 8.78 Å². The topological polar surface area (TPSA) is 34.9 Å². The summed E-state index contributed by atoms with van der Waals surface area (Å²) in [5.74, 6) is -1.21. The van der Waals surface area contributed by atoms with Gasteiger partial charge >= 0.3 is 0 Å². The Morgan fingerprint density at radius 2 is 2.10 bits per heavy atom. The summed E-state index contributed by atoms with van der Waals surface area (Å²) in [5, 5.41) is 4.20. The zero-order valence-corrected chi connectivity index (χ0v) is 11.8. The molecule has 0 saturated carbocycles. The van der Waals surface area contributed by atoms with Gasteiger partial charge in [0.1, 0.15) is 16.7 Å². The molecular formula is C14H13ClF2N2O. The van der Waals surface area contributed by atoms with Crippen molar-refractivity contribution >= 4 is 17.9 Å². The average molecular weight is 299 g/mol. The highest BCUT2D eigenvalue weighted by atomic mass is 35.5. The average Bonchev–Trinajstić information content (AvgIpc) is 2.65. The molecule has 0 spiro atoms. The summed E-state index contributed by atoms with van der Waals surface area (Å²) in [4.78, 5) is 11.1. The van der Waals surface area contributed by atoms with Crippen LogP contribution in [0.2, 0.25) is 5.15 Å². The maximum Gasteiger partial charge on any atom is 0.155 e. The highest BCUT2D eigenvalue weighted by Gasteiger charge is 2.19. The van der Waals surface area contributed by atoms with Crippen LogP contribution in [-0.2, 0) is 6.42 Å². The Bertz CT molecular complexity index is 653. The number of carbonyl (C=O) groups is 1. The largest absolute Gasteiger partial charge is 0.298 e. The molecule has 0 aliphatic carbocycles. The van der Waals surface area contributed by atoms with Crippen LogP contribution < -0.4 is 0 Å². The highest BCUT2D eigenvalue weighted by molar-refractivity contribution is 6.32. The van der Waals surface area contributed by atoms with E-state index in [-0.39, 0.29) is 22.3 Å². The number of carbonyl (C=O) groups excluding carboxylic acids is 1. The summed E-state index contributed by atoms with van der Waals surface area (Å²) < 4.78 is 27.8. The van der Waals surface area contributed by atoms with E-state index in [9.17, 15) is 13.6 Å². The molecule has 0 radical (unpaired) electrons. The van der Waals surface area contributed by atoms with Gasteiger partial charge in [0.25, 0.3) is 0 Å². The molecule has 2 aromatic rings. The van der Waals surface area contributed by atoms with Crippen molar-refractivity contribution in [2.75, 3.05) is 0 Å². The van der Waals surface area contributed by atoms with Crippen LogP contribution in [0.15, 0.2) is 18.2 Å². The van der Waals surface area contributed by atoms with Gasteiger partial charge in [0.2, 0.25) is 0 Å². The number of aromatic nitrogens is 2. The summed E-state index contributed by atoms with van der Waals surface area (Å²) in [6.45, 7) is 3.94. The first-order valence-corrected chi connectivity index (χ1v) is 6.49. The second-order valence-corrected chi connectivity index (χ2v) is 5.23. The summed E-state index contributed by atoms with van der Waals surface area (Å²) >= 11 is 6.07. The molecule has 0 aliphatic rings. The molecule has 3 nitrogen and oxygen atoms in total. The Morgan fingerprint density at radius 3 is 2.65 bits per heavy atom. The molecule has 0 fully saturated rings. The van der Waals surface area contributed by atoms with Crippen molar-refractivity contribution in [3.05, 3.63) is 46.2 Å². The smallest absolute Gasteiger partial charge is 0.155 e. The second-order valence-electron chi connectivity index (χ2n) is 4.87. The predicted molar refractivity (Wildman–Crippen MR) is 72.4 cm³/mol. The maximum atomic E-state index is 13.8. The zero-order valence-electron chi connectivity index (χ0n) is 11.0. The lowest BCUT2D eigenvalue weighted by atomic mass is 10.1. The lowest BCUT2D eigenvalue weighted by Crippen LogP contribution is -2.02. The summed E-state index contributed by atoms with van der Waals surface area (Å²) in [6, 6.07) is 3.09. The number of aldehydes is 1. The molecule has 2 rings (SSSR count). The minimum atomic E-state index is -0.789. The van der Waals surface area contributed by atoms with E-state index in [1.807, 2.05) is 13.8 Å². The van der Waals surface area contributed by atoms with Gasteiger partial charge in [-0.25, -0.2) is 13.5 Å². The fourth-order valence-electron chi connectivity index (χ4n) is 1.92. The van der Waals surface area contributed by atoms with E-state index in [1.165, 1.54) is 6.07 Å². The molecule has 1 aromatic heterocycles. The third-order valence-electron chi connectivity index (χ3n) is 2.80. The standard InChI is InChI=1S/C14H13ClF2N2O/c1-8(2)5-12-10(7-20)14(15)19(18-12)13-4-3-9(16)6-11(13)17/h3-4,6-8H,5H2,1-2H3. The number of hydrogen-bond donors (Lipinski definition) is 0. The summed E-state index contributed by atoms with van der Waals surface area (Å²) in [6.07, 6.45) is 1.15. The van der Waals surface area contributed by atoms with Gasteiger partial charge in [0.05, 0.1) is 11.3 Å². The molecular weight excluding hydrogens is 286 g/mol. The first-order valence-electron chi connectivity index (χ1n) is 6.12. The number of hydrogen-bond acceptors (Lipinski definition) is 2. The quantitative estimate of drug-likeness (QED) is 0.804. The van der Waals surface area contributed by atoms with Crippen LogP contribution in [0.25, 0.3) is 5.69 Å². The van der Waals surface area contributed by atoms with E-state index in [0.717, 1.165) is 16.8 Å². The molecule has 0 aliphatic heterocycles. The summed E-state index contributed by atoms with van der Waals surface area (Å²) in [7, 11) is 0. The predicted octanol–water partition coefficient (Wildman–Crippen LogP) is 3.81. The molecule has 0 atom stereocenters. The van der Waals surface area contributed by atoms with Crippen molar-refractivity contribution in [1.82, 2.24) is 9.78 Å². The number of nitrogens with zero attached hydrogens (tertiary/aromatic N) is 2. The van der Waals surface area contributed by atoms with Gasteiger partial charge in [-0.05, 0) is 24.5 Å². The Balaban J connectivity index is 2.57. The van der Waals surface area contributed by atoms with Crippen LogP contribution in [0, 0.1) is 17.6 Å². The molecule has 20 heavy (non-hydrogen) atoms. The van der Waals surface area contributed by atoms with Gasteiger partial charge in [-0.2, -0.15) is 5.10 Å². The van der Waals surface area contributed by atoms with E-state index >= 15 is 0 Å². The van der Waals surface area contributed by atoms with Crippen LogP contribution in [0.5, 0.6) is 0 Å². The highest BCUT2D eigenvalue weighted by Crippen LogP contribution is 2.25.